The number of phenols is 1. The summed E-state index contributed by atoms with van der Waals surface area (Å²) < 4.78 is 49.6. The van der Waals surface area contributed by atoms with Crippen LogP contribution in [0.25, 0.3) is 0 Å². The Morgan fingerprint density at radius 3 is 2.52 bits per heavy atom. The fraction of sp³-hybridized carbons (Fsp3) is 0.185. The van der Waals surface area contributed by atoms with E-state index in [0.717, 1.165) is 23.9 Å². The first-order valence-corrected chi connectivity index (χ1v) is 12.6. The van der Waals surface area contributed by atoms with Crippen LogP contribution in [0.2, 0.25) is 0 Å². The largest absolute Gasteiger partial charge is 0.508 e. The van der Waals surface area contributed by atoms with Crippen LogP contribution in [0.4, 0.5) is 24.5 Å². The van der Waals surface area contributed by atoms with E-state index in [0.29, 0.717) is 22.7 Å². The molecule has 2 amide bonds. The van der Waals surface area contributed by atoms with Crippen LogP contribution in [-0.2, 0) is 15.8 Å². The van der Waals surface area contributed by atoms with Crippen molar-refractivity contribution in [3.8, 4) is 17.2 Å². The number of carbonyl (C=O) groups excluding carboxylic acids is 2. The SMILES string of the molecule is COc1ccc(C=NN=C2SC(CC(=O)Nc3cccc(C(F)(F)F)c3)C(=O)N2c2cccc(O)c2)cc1OC. The monoisotopic (exact) mass is 572 g/mol. The van der Waals surface area contributed by atoms with Gasteiger partial charge < -0.3 is 19.9 Å². The topological polar surface area (TPSA) is 113 Å². The maximum atomic E-state index is 13.3. The highest BCUT2D eigenvalue weighted by molar-refractivity contribution is 8.16. The van der Waals surface area contributed by atoms with E-state index in [1.54, 1.807) is 30.3 Å². The third-order valence-corrected chi connectivity index (χ3v) is 6.75. The number of hydrogen-bond donors (Lipinski definition) is 2. The molecular weight excluding hydrogens is 549 g/mol. The molecular formula is C27H23F3N4O5S. The van der Waals surface area contributed by atoms with E-state index in [4.69, 9.17) is 9.47 Å². The van der Waals surface area contributed by atoms with Gasteiger partial charge in [0, 0.05) is 18.2 Å². The van der Waals surface area contributed by atoms with Crippen LogP contribution in [0, 0.1) is 0 Å². The molecule has 1 atom stereocenters. The van der Waals surface area contributed by atoms with Gasteiger partial charge in [-0.2, -0.15) is 18.3 Å². The van der Waals surface area contributed by atoms with Crippen LogP contribution in [0.1, 0.15) is 17.5 Å². The van der Waals surface area contributed by atoms with Gasteiger partial charge in [0.25, 0.3) is 0 Å². The van der Waals surface area contributed by atoms with Gasteiger partial charge in [-0.15, -0.1) is 5.10 Å². The van der Waals surface area contributed by atoms with E-state index in [-0.39, 0.29) is 23.0 Å². The Kier molecular flexibility index (Phi) is 8.63. The zero-order chi connectivity index (χ0) is 28.9. The normalized spacial score (nSPS) is 16.5. The van der Waals surface area contributed by atoms with Crippen molar-refractivity contribution >= 4 is 46.3 Å². The number of amides is 2. The summed E-state index contributed by atoms with van der Waals surface area (Å²) >= 11 is 0.968. The number of phenolic OH excluding ortho intramolecular Hbond substituents is 1. The summed E-state index contributed by atoms with van der Waals surface area (Å²) in [6.07, 6.45) is -3.47. The lowest BCUT2D eigenvalue weighted by molar-refractivity contribution is -0.137. The van der Waals surface area contributed by atoms with Crippen LogP contribution < -0.4 is 19.7 Å². The summed E-state index contributed by atoms with van der Waals surface area (Å²) in [6.45, 7) is 0. The molecule has 0 spiro atoms. The van der Waals surface area contributed by atoms with Crippen molar-refractivity contribution in [2.75, 3.05) is 24.4 Å². The Morgan fingerprint density at radius 2 is 1.82 bits per heavy atom. The molecule has 0 radical (unpaired) electrons. The highest BCUT2D eigenvalue weighted by Gasteiger charge is 2.40. The number of halogens is 3. The third kappa shape index (κ3) is 6.72. The van der Waals surface area contributed by atoms with Gasteiger partial charge in [-0.25, -0.2) is 0 Å². The van der Waals surface area contributed by atoms with E-state index < -0.39 is 28.8 Å². The van der Waals surface area contributed by atoms with Gasteiger partial charge in [0.15, 0.2) is 16.7 Å². The van der Waals surface area contributed by atoms with Crippen LogP contribution >= 0.6 is 11.8 Å². The number of aromatic hydroxyl groups is 1. The molecule has 1 aliphatic rings. The van der Waals surface area contributed by atoms with Crippen molar-refractivity contribution in [2.24, 2.45) is 10.2 Å². The van der Waals surface area contributed by atoms with Crippen molar-refractivity contribution in [2.45, 2.75) is 17.8 Å². The van der Waals surface area contributed by atoms with E-state index in [2.05, 4.69) is 15.5 Å². The summed E-state index contributed by atoms with van der Waals surface area (Å²) in [7, 11) is 3.01. The smallest absolute Gasteiger partial charge is 0.416 e. The predicted molar refractivity (Wildman–Crippen MR) is 146 cm³/mol. The van der Waals surface area contributed by atoms with Crippen molar-refractivity contribution in [3.05, 3.63) is 77.9 Å². The molecule has 1 aliphatic heterocycles. The average molecular weight is 573 g/mol. The number of nitrogens with one attached hydrogen (secondary N) is 1. The summed E-state index contributed by atoms with van der Waals surface area (Å²) in [4.78, 5) is 27.2. The maximum Gasteiger partial charge on any atom is 0.416 e. The van der Waals surface area contributed by atoms with Crippen LogP contribution in [-0.4, -0.2) is 47.8 Å². The number of thioether (sulfide) groups is 1. The molecule has 3 aromatic carbocycles. The molecule has 0 aromatic heterocycles. The number of methoxy groups -OCH3 is 2. The third-order valence-electron chi connectivity index (χ3n) is 5.62. The lowest BCUT2D eigenvalue weighted by Crippen LogP contribution is -2.33. The van der Waals surface area contributed by atoms with E-state index in [1.165, 1.54) is 49.6 Å². The Hall–Kier alpha value is -4.52. The van der Waals surface area contributed by atoms with Gasteiger partial charge in [0.1, 0.15) is 11.0 Å². The van der Waals surface area contributed by atoms with E-state index >= 15 is 0 Å². The predicted octanol–water partition coefficient (Wildman–Crippen LogP) is 5.30. The molecule has 13 heteroatoms. The quantitative estimate of drug-likeness (QED) is 0.280. The molecule has 0 saturated carbocycles. The maximum absolute atomic E-state index is 13.3. The lowest BCUT2D eigenvalue weighted by Gasteiger charge is -2.16. The number of anilines is 2. The second-order valence-corrected chi connectivity index (χ2v) is 9.54. The number of ether oxygens (including phenoxy) is 2. The van der Waals surface area contributed by atoms with Gasteiger partial charge in [-0.1, -0.05) is 23.9 Å². The molecule has 1 heterocycles. The minimum Gasteiger partial charge on any atom is -0.508 e. The van der Waals surface area contributed by atoms with Crippen molar-refractivity contribution in [1.82, 2.24) is 0 Å². The van der Waals surface area contributed by atoms with Crippen LogP contribution in [0.3, 0.4) is 0 Å². The van der Waals surface area contributed by atoms with Gasteiger partial charge in [-0.05, 0) is 54.1 Å². The van der Waals surface area contributed by atoms with Crippen molar-refractivity contribution in [3.63, 3.8) is 0 Å². The summed E-state index contributed by atoms with van der Waals surface area (Å²) in [6, 6.07) is 15.2. The lowest BCUT2D eigenvalue weighted by atomic mass is 10.2. The van der Waals surface area contributed by atoms with E-state index in [1.807, 2.05) is 0 Å². The fourth-order valence-corrected chi connectivity index (χ4v) is 4.86. The average Bonchev–Trinajstić information content (AvgIpc) is 3.22. The summed E-state index contributed by atoms with van der Waals surface area (Å²) in [5, 5.41) is 19.8. The first kappa shape index (κ1) is 28.5. The number of hydrogen-bond acceptors (Lipinski definition) is 8. The minimum atomic E-state index is -4.57. The molecule has 9 nitrogen and oxygen atoms in total. The number of nitrogens with zero attached hydrogens (tertiary/aromatic N) is 3. The summed E-state index contributed by atoms with van der Waals surface area (Å²) in [5.41, 5.74) is -0.0162. The standard InChI is InChI=1S/C27H23F3N4O5S/c1-38-21-10-9-16(11-22(21)39-2)15-31-33-26-34(19-7-4-8-20(35)13-19)25(37)23(40-26)14-24(36)32-18-6-3-5-17(12-18)27(28,29)30/h3-13,15,23,35H,14H2,1-2H3,(H,32,36). The zero-order valence-corrected chi connectivity index (χ0v) is 22.0. The van der Waals surface area contributed by atoms with E-state index in [9.17, 15) is 27.9 Å². The molecule has 0 bridgehead atoms. The van der Waals surface area contributed by atoms with Crippen molar-refractivity contribution < 1.29 is 37.3 Å². The number of benzene rings is 3. The molecule has 1 saturated heterocycles. The van der Waals surface area contributed by atoms with Crippen LogP contribution in [0.15, 0.2) is 76.9 Å². The number of carbonyl (C=O) groups is 2. The Balaban J connectivity index is 1.55. The zero-order valence-electron chi connectivity index (χ0n) is 21.2. The molecule has 3 aromatic rings. The number of rotatable bonds is 8. The first-order chi connectivity index (χ1) is 19.1. The second kappa shape index (κ2) is 12.1. The first-order valence-electron chi connectivity index (χ1n) is 11.7. The van der Waals surface area contributed by atoms with Crippen molar-refractivity contribution in [1.29, 1.82) is 0 Å². The van der Waals surface area contributed by atoms with Gasteiger partial charge in [-0.3, -0.25) is 14.5 Å². The highest BCUT2D eigenvalue weighted by Crippen LogP contribution is 2.36. The second-order valence-electron chi connectivity index (χ2n) is 8.37. The minimum absolute atomic E-state index is 0.0477. The van der Waals surface area contributed by atoms with Gasteiger partial charge >= 0.3 is 6.18 Å². The summed E-state index contributed by atoms with van der Waals surface area (Å²) in [5.74, 6) is -0.234. The molecule has 0 aliphatic carbocycles. The highest BCUT2D eigenvalue weighted by atomic mass is 32.2. The molecule has 40 heavy (non-hydrogen) atoms. The fourth-order valence-electron chi connectivity index (χ4n) is 3.77. The molecule has 1 unspecified atom stereocenters. The Bertz CT molecular complexity index is 1480. The number of amidine groups is 1. The number of alkyl halides is 3. The van der Waals surface area contributed by atoms with Gasteiger partial charge in [0.05, 0.1) is 31.7 Å². The Morgan fingerprint density at radius 1 is 1.07 bits per heavy atom. The molecule has 1 fully saturated rings. The Labute approximate surface area is 231 Å². The molecule has 2 N–H and O–H groups in total. The van der Waals surface area contributed by atoms with Gasteiger partial charge in [0.2, 0.25) is 11.8 Å². The van der Waals surface area contributed by atoms with Crippen LogP contribution in [0.5, 0.6) is 17.2 Å². The molecule has 4 rings (SSSR count). The molecule has 208 valence electrons.